The summed E-state index contributed by atoms with van der Waals surface area (Å²) in [5, 5.41) is 2.83. The van der Waals surface area contributed by atoms with Gasteiger partial charge in [0.05, 0.1) is 0 Å². The lowest BCUT2D eigenvalue weighted by Crippen LogP contribution is -2.30. The molecule has 2 rings (SSSR count). The third kappa shape index (κ3) is 3.39. The van der Waals surface area contributed by atoms with Crippen molar-refractivity contribution in [3.63, 3.8) is 0 Å². The van der Waals surface area contributed by atoms with Crippen molar-refractivity contribution in [1.82, 2.24) is 9.62 Å². The van der Waals surface area contributed by atoms with Crippen molar-refractivity contribution >= 4 is 26.0 Å². The molecule has 4 nitrogen and oxygen atoms in total. The lowest BCUT2D eigenvalue weighted by atomic mass is 10.2. The first-order chi connectivity index (χ1) is 9.36. The molecule has 1 N–H and O–H groups in total. The molecule has 20 heavy (non-hydrogen) atoms. The summed E-state index contributed by atoms with van der Waals surface area (Å²) in [7, 11) is -0.594. The SMILES string of the molecule is CNCc1cc(Br)cc(S(=O)(=O)N(C)CC2CC2)c1F. The molecular weight excluding hydrogens is 347 g/mol. The van der Waals surface area contributed by atoms with E-state index in [2.05, 4.69) is 21.2 Å². The zero-order chi connectivity index (χ0) is 14.9. The highest BCUT2D eigenvalue weighted by atomic mass is 79.9. The smallest absolute Gasteiger partial charge is 0.245 e. The van der Waals surface area contributed by atoms with Crippen LogP contribution < -0.4 is 5.32 Å². The fraction of sp³-hybridized carbons (Fsp3) is 0.538. The number of nitrogens with zero attached hydrogens (tertiary/aromatic N) is 1. The molecule has 0 amide bonds. The van der Waals surface area contributed by atoms with Crippen LogP contribution in [-0.2, 0) is 16.6 Å². The third-order valence-corrected chi connectivity index (χ3v) is 5.63. The molecule has 0 aromatic heterocycles. The normalized spacial score (nSPS) is 15.8. The highest BCUT2D eigenvalue weighted by Gasteiger charge is 2.31. The second kappa shape index (κ2) is 6.09. The first-order valence-electron chi connectivity index (χ1n) is 6.45. The molecule has 0 spiro atoms. The molecule has 0 heterocycles. The van der Waals surface area contributed by atoms with Gasteiger partial charge in [0.2, 0.25) is 10.0 Å². The maximum atomic E-state index is 14.4. The van der Waals surface area contributed by atoms with E-state index in [4.69, 9.17) is 0 Å². The van der Waals surface area contributed by atoms with Gasteiger partial charge in [0.25, 0.3) is 0 Å². The molecule has 0 atom stereocenters. The van der Waals surface area contributed by atoms with Gasteiger partial charge in [0.15, 0.2) is 0 Å². The number of nitrogens with one attached hydrogen (secondary N) is 1. The number of halogens is 2. The van der Waals surface area contributed by atoms with Crippen LogP contribution in [0.3, 0.4) is 0 Å². The van der Waals surface area contributed by atoms with Crippen molar-refractivity contribution in [3.8, 4) is 0 Å². The Hall–Kier alpha value is -0.500. The largest absolute Gasteiger partial charge is 0.316 e. The van der Waals surface area contributed by atoms with Crippen LogP contribution in [0.4, 0.5) is 4.39 Å². The van der Waals surface area contributed by atoms with Crippen molar-refractivity contribution < 1.29 is 12.8 Å². The summed E-state index contributed by atoms with van der Waals surface area (Å²) in [6.07, 6.45) is 2.09. The highest BCUT2D eigenvalue weighted by Crippen LogP contribution is 2.32. The Morgan fingerprint density at radius 3 is 2.65 bits per heavy atom. The summed E-state index contributed by atoms with van der Waals surface area (Å²) < 4.78 is 41.1. The highest BCUT2D eigenvalue weighted by molar-refractivity contribution is 9.10. The molecular formula is C13H18BrFN2O2S. The van der Waals surface area contributed by atoms with E-state index in [0.29, 0.717) is 22.5 Å². The zero-order valence-corrected chi connectivity index (χ0v) is 13.9. The van der Waals surface area contributed by atoms with Crippen molar-refractivity contribution in [1.29, 1.82) is 0 Å². The van der Waals surface area contributed by atoms with E-state index in [9.17, 15) is 12.8 Å². The first kappa shape index (κ1) is 15.9. The van der Waals surface area contributed by atoms with E-state index < -0.39 is 15.8 Å². The minimum atomic E-state index is -3.79. The minimum Gasteiger partial charge on any atom is -0.316 e. The van der Waals surface area contributed by atoms with E-state index in [1.165, 1.54) is 17.4 Å². The average Bonchev–Trinajstić information content (AvgIpc) is 3.17. The van der Waals surface area contributed by atoms with Gasteiger partial charge in [-0.05, 0) is 37.9 Å². The Bertz CT molecular complexity index is 603. The van der Waals surface area contributed by atoms with Gasteiger partial charge in [-0.3, -0.25) is 0 Å². The van der Waals surface area contributed by atoms with Crippen LogP contribution in [-0.4, -0.2) is 33.4 Å². The lowest BCUT2D eigenvalue weighted by molar-refractivity contribution is 0.446. The van der Waals surface area contributed by atoms with Crippen LogP contribution >= 0.6 is 15.9 Å². The van der Waals surface area contributed by atoms with Crippen LogP contribution in [0.5, 0.6) is 0 Å². The van der Waals surface area contributed by atoms with Gasteiger partial charge in [-0.25, -0.2) is 17.1 Å². The van der Waals surface area contributed by atoms with Crippen molar-refractivity contribution in [3.05, 3.63) is 28.0 Å². The molecule has 0 radical (unpaired) electrons. The standard InChI is InChI=1S/C13H18BrFN2O2S/c1-16-7-10-5-11(14)6-12(13(10)15)20(18,19)17(2)8-9-3-4-9/h5-6,9,16H,3-4,7-8H2,1-2H3. The summed E-state index contributed by atoms with van der Waals surface area (Å²) in [6, 6.07) is 2.92. The lowest BCUT2D eigenvalue weighted by Gasteiger charge is -2.18. The van der Waals surface area contributed by atoms with E-state index >= 15 is 0 Å². The maximum absolute atomic E-state index is 14.4. The molecule has 1 aliphatic carbocycles. The second-order valence-electron chi connectivity index (χ2n) is 5.14. The van der Waals surface area contributed by atoms with Crippen molar-refractivity contribution in [2.45, 2.75) is 24.3 Å². The predicted molar refractivity (Wildman–Crippen MR) is 79.4 cm³/mol. The Kier molecular flexibility index (Phi) is 4.84. The fourth-order valence-corrected chi connectivity index (χ4v) is 4.09. The predicted octanol–water partition coefficient (Wildman–Crippen LogP) is 2.34. The molecule has 0 bridgehead atoms. The van der Waals surface area contributed by atoms with Crippen LogP contribution in [0, 0.1) is 11.7 Å². The van der Waals surface area contributed by atoms with E-state index in [-0.39, 0.29) is 11.4 Å². The van der Waals surface area contributed by atoms with Crippen LogP contribution in [0.1, 0.15) is 18.4 Å². The molecule has 1 aromatic carbocycles. The van der Waals surface area contributed by atoms with Crippen LogP contribution in [0.15, 0.2) is 21.5 Å². The minimum absolute atomic E-state index is 0.264. The Morgan fingerprint density at radius 2 is 2.10 bits per heavy atom. The van der Waals surface area contributed by atoms with E-state index in [1.54, 1.807) is 13.1 Å². The molecule has 112 valence electrons. The van der Waals surface area contributed by atoms with Gasteiger partial charge in [0.1, 0.15) is 10.7 Å². The van der Waals surface area contributed by atoms with Gasteiger partial charge in [-0.15, -0.1) is 0 Å². The molecule has 7 heteroatoms. The Balaban J connectivity index is 2.39. The van der Waals surface area contributed by atoms with Crippen molar-refractivity contribution in [2.24, 2.45) is 5.92 Å². The average molecular weight is 365 g/mol. The van der Waals surface area contributed by atoms with Gasteiger partial charge < -0.3 is 5.32 Å². The van der Waals surface area contributed by atoms with Crippen molar-refractivity contribution in [2.75, 3.05) is 20.6 Å². The quantitative estimate of drug-likeness (QED) is 0.842. The summed E-state index contributed by atoms with van der Waals surface area (Å²) in [5.74, 6) is -0.257. The number of hydrogen-bond donors (Lipinski definition) is 1. The summed E-state index contributed by atoms with van der Waals surface area (Å²) in [4.78, 5) is -0.264. The molecule has 1 fully saturated rings. The molecule has 1 saturated carbocycles. The van der Waals surface area contributed by atoms with Gasteiger partial charge >= 0.3 is 0 Å². The molecule has 0 aliphatic heterocycles. The summed E-state index contributed by atoms with van der Waals surface area (Å²) in [6.45, 7) is 0.732. The third-order valence-electron chi connectivity index (χ3n) is 3.35. The fourth-order valence-electron chi connectivity index (χ4n) is 2.06. The van der Waals surface area contributed by atoms with Crippen LogP contribution in [0.25, 0.3) is 0 Å². The van der Waals surface area contributed by atoms with Gasteiger partial charge in [0, 0.05) is 30.2 Å². The number of sulfonamides is 1. The number of rotatable bonds is 6. The molecule has 1 aromatic rings. The Morgan fingerprint density at radius 1 is 1.45 bits per heavy atom. The van der Waals surface area contributed by atoms with E-state index in [1.807, 2.05) is 0 Å². The number of benzene rings is 1. The summed E-state index contributed by atoms with van der Waals surface area (Å²) >= 11 is 3.24. The zero-order valence-electron chi connectivity index (χ0n) is 11.5. The second-order valence-corrected chi connectivity index (χ2v) is 8.07. The monoisotopic (exact) mass is 364 g/mol. The van der Waals surface area contributed by atoms with Gasteiger partial charge in [-0.1, -0.05) is 15.9 Å². The topological polar surface area (TPSA) is 49.4 Å². The first-order valence-corrected chi connectivity index (χ1v) is 8.68. The number of hydrogen-bond acceptors (Lipinski definition) is 3. The molecule has 0 unspecified atom stereocenters. The summed E-state index contributed by atoms with van der Waals surface area (Å²) in [5.41, 5.74) is 0.334. The molecule has 1 aliphatic rings. The van der Waals surface area contributed by atoms with Gasteiger partial charge in [-0.2, -0.15) is 0 Å². The molecule has 0 saturated heterocycles. The van der Waals surface area contributed by atoms with Crippen LogP contribution in [0.2, 0.25) is 0 Å². The Labute approximate surface area is 127 Å². The van der Waals surface area contributed by atoms with E-state index in [0.717, 1.165) is 12.8 Å². The maximum Gasteiger partial charge on any atom is 0.245 e.